The Morgan fingerprint density at radius 3 is 2.48 bits per heavy atom. The highest BCUT2D eigenvalue weighted by molar-refractivity contribution is 9.10. The molecule has 5 atom stereocenters. The van der Waals surface area contributed by atoms with Gasteiger partial charge in [-0.2, -0.15) is 0 Å². The lowest BCUT2D eigenvalue weighted by atomic mass is 9.73. The number of carbonyl (C=O) groups excluding carboxylic acids is 2. The number of amides is 2. The van der Waals surface area contributed by atoms with Gasteiger partial charge in [-0.3, -0.25) is 9.59 Å². The second kappa shape index (κ2) is 6.18. The molecule has 3 nitrogen and oxygen atoms in total. The van der Waals surface area contributed by atoms with Crippen LogP contribution in [0.2, 0.25) is 5.02 Å². The van der Waals surface area contributed by atoms with E-state index in [1.54, 1.807) is 6.07 Å². The van der Waals surface area contributed by atoms with E-state index in [0.29, 0.717) is 22.5 Å². The highest BCUT2D eigenvalue weighted by Gasteiger charge is 2.64. The monoisotopic (exact) mass is 443 g/mol. The number of hydrogen-bond acceptors (Lipinski definition) is 2. The van der Waals surface area contributed by atoms with Crippen LogP contribution in [-0.2, 0) is 9.59 Å². The molecule has 3 fully saturated rings. The Hall–Kier alpha value is -1.65. The lowest BCUT2D eigenvalue weighted by Gasteiger charge is -2.28. The number of anilines is 1. The van der Waals surface area contributed by atoms with Crippen LogP contribution in [0.25, 0.3) is 0 Å². The van der Waals surface area contributed by atoms with Crippen molar-refractivity contribution in [3.05, 3.63) is 63.1 Å². The largest absolute Gasteiger partial charge is 0.274 e. The molecule has 0 N–H and O–H groups in total. The predicted octanol–water partition coefficient (Wildman–Crippen LogP) is 5.34. The molecule has 5 unspecified atom stereocenters. The molecule has 0 radical (unpaired) electrons. The molecule has 0 aromatic heterocycles. The van der Waals surface area contributed by atoms with E-state index < -0.39 is 0 Å². The van der Waals surface area contributed by atoms with Crippen molar-refractivity contribution in [3.8, 4) is 0 Å². The van der Waals surface area contributed by atoms with Crippen LogP contribution in [0.3, 0.4) is 0 Å². The molecule has 5 rings (SSSR count). The first-order valence-electron chi connectivity index (χ1n) is 9.35. The van der Waals surface area contributed by atoms with Crippen molar-refractivity contribution < 1.29 is 9.59 Å². The van der Waals surface area contributed by atoms with Crippen molar-refractivity contribution in [3.63, 3.8) is 0 Å². The quantitative estimate of drug-likeness (QED) is 0.586. The Labute approximate surface area is 171 Å². The number of imide groups is 1. The maximum Gasteiger partial charge on any atom is 0.238 e. The van der Waals surface area contributed by atoms with Gasteiger partial charge >= 0.3 is 0 Å². The number of fused-ring (bicyclic) bond motifs is 5. The smallest absolute Gasteiger partial charge is 0.238 e. The average molecular weight is 445 g/mol. The zero-order chi connectivity index (χ0) is 18.9. The van der Waals surface area contributed by atoms with Crippen molar-refractivity contribution in [1.82, 2.24) is 0 Å². The van der Waals surface area contributed by atoms with Gasteiger partial charge in [0.2, 0.25) is 11.8 Å². The van der Waals surface area contributed by atoms with Gasteiger partial charge < -0.3 is 0 Å². The molecule has 3 aliphatic rings. The third-order valence-electron chi connectivity index (χ3n) is 6.72. The number of rotatable bonds is 2. The highest BCUT2D eigenvalue weighted by atomic mass is 79.9. The maximum absolute atomic E-state index is 13.4. The summed E-state index contributed by atoms with van der Waals surface area (Å²) in [6.07, 6.45) is 1.99. The molecule has 138 valence electrons. The van der Waals surface area contributed by atoms with Gasteiger partial charge in [0.05, 0.1) is 22.5 Å². The fraction of sp³-hybridized carbons (Fsp3) is 0.364. The number of carbonyl (C=O) groups is 2. The Bertz CT molecular complexity index is 960. The molecule has 1 aliphatic heterocycles. The molecule has 0 spiro atoms. The van der Waals surface area contributed by atoms with E-state index in [1.165, 1.54) is 10.5 Å². The van der Waals surface area contributed by atoms with E-state index in [9.17, 15) is 9.59 Å². The Kier molecular flexibility index (Phi) is 3.99. The minimum absolute atomic E-state index is 0.0366. The van der Waals surface area contributed by atoms with E-state index in [4.69, 9.17) is 11.6 Å². The summed E-state index contributed by atoms with van der Waals surface area (Å²) in [4.78, 5) is 28.0. The van der Waals surface area contributed by atoms with E-state index in [2.05, 4.69) is 40.2 Å². The summed E-state index contributed by atoms with van der Waals surface area (Å²) in [5.41, 5.74) is 2.80. The Morgan fingerprint density at radius 2 is 1.74 bits per heavy atom. The van der Waals surface area contributed by atoms with Gasteiger partial charge in [0.25, 0.3) is 0 Å². The fourth-order valence-corrected chi connectivity index (χ4v) is 6.27. The summed E-state index contributed by atoms with van der Waals surface area (Å²) in [7, 11) is 0. The van der Waals surface area contributed by atoms with Crippen LogP contribution in [0.4, 0.5) is 5.69 Å². The lowest BCUT2D eigenvalue weighted by molar-refractivity contribution is -0.123. The number of halogens is 2. The van der Waals surface area contributed by atoms with Crippen molar-refractivity contribution in [1.29, 1.82) is 0 Å². The molecular weight excluding hydrogens is 426 g/mol. The first-order chi connectivity index (χ1) is 13.0. The van der Waals surface area contributed by atoms with E-state index in [-0.39, 0.29) is 29.6 Å². The summed E-state index contributed by atoms with van der Waals surface area (Å²) in [5, 5.41) is 0.512. The van der Waals surface area contributed by atoms with Crippen LogP contribution >= 0.6 is 27.5 Å². The highest BCUT2D eigenvalue weighted by Crippen LogP contribution is 2.62. The van der Waals surface area contributed by atoms with Crippen LogP contribution in [0.5, 0.6) is 0 Å². The van der Waals surface area contributed by atoms with Gasteiger partial charge in [0, 0.05) is 4.47 Å². The molecule has 2 bridgehead atoms. The van der Waals surface area contributed by atoms with Crippen LogP contribution in [0.15, 0.2) is 46.9 Å². The molecule has 2 aliphatic carbocycles. The number of benzene rings is 2. The molecule has 2 aromatic carbocycles. The zero-order valence-corrected chi connectivity index (χ0v) is 17.2. The second-order valence-corrected chi connectivity index (χ2v) is 9.29. The molecule has 1 saturated heterocycles. The second-order valence-electron chi connectivity index (χ2n) is 8.03. The van der Waals surface area contributed by atoms with Gasteiger partial charge in [-0.1, -0.05) is 41.9 Å². The maximum atomic E-state index is 13.4. The van der Waals surface area contributed by atoms with Crippen molar-refractivity contribution in [2.75, 3.05) is 4.90 Å². The fourth-order valence-electron chi connectivity index (χ4n) is 5.66. The van der Waals surface area contributed by atoms with E-state index in [1.807, 2.05) is 19.1 Å². The van der Waals surface area contributed by atoms with E-state index in [0.717, 1.165) is 22.9 Å². The van der Waals surface area contributed by atoms with Gasteiger partial charge in [0.1, 0.15) is 0 Å². The van der Waals surface area contributed by atoms with Gasteiger partial charge in [0.15, 0.2) is 0 Å². The van der Waals surface area contributed by atoms with Crippen molar-refractivity contribution in [2.45, 2.75) is 25.7 Å². The third kappa shape index (κ3) is 2.46. The number of nitrogens with zero attached hydrogens (tertiary/aromatic N) is 1. The Balaban J connectivity index is 1.52. The van der Waals surface area contributed by atoms with Gasteiger partial charge in [-0.25, -0.2) is 4.90 Å². The number of aryl methyl sites for hydroxylation is 1. The van der Waals surface area contributed by atoms with Gasteiger partial charge in [-0.05, 0) is 76.7 Å². The first-order valence-corrected chi connectivity index (χ1v) is 10.5. The third-order valence-corrected chi connectivity index (χ3v) is 7.92. The minimum Gasteiger partial charge on any atom is -0.274 e. The standard InChI is InChI=1S/C22H19BrClNO2/c1-11-7-16(23)17(24)10-18(11)25-21(26)19-13-8-14(12-5-3-2-4-6-12)15(9-13)20(19)22(25)27/h2-7,10,13-15,19-20H,8-9H2,1H3. The molecular formula is C22H19BrClNO2. The van der Waals surface area contributed by atoms with Crippen LogP contribution < -0.4 is 4.90 Å². The molecule has 1 heterocycles. The van der Waals surface area contributed by atoms with Crippen molar-refractivity contribution >= 4 is 45.0 Å². The van der Waals surface area contributed by atoms with Gasteiger partial charge in [-0.15, -0.1) is 0 Å². The van der Waals surface area contributed by atoms with Crippen molar-refractivity contribution in [2.24, 2.45) is 23.7 Å². The average Bonchev–Trinajstić information content (AvgIpc) is 3.31. The lowest BCUT2D eigenvalue weighted by Crippen LogP contribution is -2.33. The SMILES string of the molecule is Cc1cc(Br)c(Cl)cc1N1C(=O)C2C3CC(c4ccccc4)C(C3)C2C1=O. The molecule has 27 heavy (non-hydrogen) atoms. The minimum atomic E-state index is -0.191. The van der Waals surface area contributed by atoms with Crippen LogP contribution in [-0.4, -0.2) is 11.8 Å². The topological polar surface area (TPSA) is 37.4 Å². The summed E-state index contributed by atoms with van der Waals surface area (Å²) < 4.78 is 0.772. The molecule has 5 heteroatoms. The zero-order valence-electron chi connectivity index (χ0n) is 14.9. The summed E-state index contributed by atoms with van der Waals surface area (Å²) in [6, 6.07) is 14.0. The normalized spacial score (nSPS) is 31.7. The first kappa shape index (κ1) is 17.4. The summed E-state index contributed by atoms with van der Waals surface area (Å²) in [5.74, 6) is 0.509. The Morgan fingerprint density at radius 1 is 1.04 bits per heavy atom. The summed E-state index contributed by atoms with van der Waals surface area (Å²) >= 11 is 9.67. The van der Waals surface area contributed by atoms with E-state index >= 15 is 0 Å². The number of hydrogen-bond donors (Lipinski definition) is 0. The van der Waals surface area contributed by atoms with Crippen LogP contribution in [0.1, 0.15) is 29.9 Å². The molecule has 2 saturated carbocycles. The summed E-state index contributed by atoms with van der Waals surface area (Å²) in [6.45, 7) is 1.91. The molecule has 2 amide bonds. The predicted molar refractivity (Wildman–Crippen MR) is 109 cm³/mol. The molecule has 2 aromatic rings. The van der Waals surface area contributed by atoms with Crippen LogP contribution in [0, 0.1) is 30.6 Å².